The summed E-state index contributed by atoms with van der Waals surface area (Å²) in [6, 6.07) is 10.0. The molecule has 0 N–H and O–H groups in total. The summed E-state index contributed by atoms with van der Waals surface area (Å²) < 4.78 is 0. The van der Waals surface area contributed by atoms with Crippen LogP contribution in [0.15, 0.2) is 30.3 Å². The Morgan fingerprint density at radius 2 is 1.50 bits per heavy atom. The van der Waals surface area contributed by atoms with E-state index < -0.39 is 12.3 Å². The molecule has 0 heterocycles. The third-order valence-electron chi connectivity index (χ3n) is 1.19. The molecule has 0 amide bonds. The van der Waals surface area contributed by atoms with E-state index in [2.05, 4.69) is 27.2 Å². The normalized spacial score (nSPS) is 9.62. The quantitative estimate of drug-likeness (QED) is 0.471. The van der Waals surface area contributed by atoms with Crippen LogP contribution >= 0.6 is 37.5 Å². The Balaban J connectivity index is 0. The summed E-state index contributed by atoms with van der Waals surface area (Å²) in [6.45, 7) is 9.01. The van der Waals surface area contributed by atoms with Crippen molar-refractivity contribution < 1.29 is 12.3 Å². The van der Waals surface area contributed by atoms with E-state index in [1.54, 1.807) is 5.92 Å². The summed E-state index contributed by atoms with van der Waals surface area (Å²) in [4.78, 5) is 0. The number of rotatable bonds is 2. The van der Waals surface area contributed by atoms with Crippen molar-refractivity contribution in [3.8, 4) is 0 Å². The predicted octanol–water partition coefficient (Wildman–Crippen LogP) is 5.81. The molecule has 1 aromatic carbocycles. The molecule has 16 heavy (non-hydrogen) atoms. The van der Waals surface area contributed by atoms with Crippen molar-refractivity contribution in [2.75, 3.05) is 19.5 Å². The first-order chi connectivity index (χ1) is 7.36. The van der Waals surface area contributed by atoms with E-state index in [1.807, 2.05) is 30.3 Å². The van der Waals surface area contributed by atoms with Crippen molar-refractivity contribution in [1.29, 1.82) is 0 Å². The van der Waals surface area contributed by atoms with E-state index in [9.17, 15) is 0 Å². The molecule has 0 bridgehead atoms. The maximum atomic E-state index is 4.95. The minimum atomic E-state index is -1.77. The van der Waals surface area contributed by atoms with Crippen LogP contribution in [0.1, 0.15) is 13.8 Å². The minimum absolute atomic E-state index is 0.323. The average molecular weight is 340 g/mol. The van der Waals surface area contributed by atoms with E-state index in [1.165, 1.54) is 6.16 Å². The molecule has 0 fully saturated rings. The fourth-order valence-electron chi connectivity index (χ4n) is 0.953. The van der Waals surface area contributed by atoms with Gasteiger partial charge in [0.25, 0.3) is 0 Å². The van der Waals surface area contributed by atoms with Gasteiger partial charge in [0.1, 0.15) is 0 Å². The van der Waals surface area contributed by atoms with Crippen molar-refractivity contribution in [1.82, 2.24) is 0 Å². The topological polar surface area (TPSA) is 0 Å². The number of hydrogen-bond donors (Lipinski definition) is 0. The van der Waals surface area contributed by atoms with Crippen molar-refractivity contribution in [2.24, 2.45) is 0 Å². The molecule has 0 aromatic heterocycles. The molecule has 0 unspecified atom stereocenters. The summed E-state index contributed by atoms with van der Waals surface area (Å²) >= 11 is -1.77. The first-order valence-electron chi connectivity index (χ1n) is 4.74. The molecule has 0 nitrogen and oxygen atoms in total. The van der Waals surface area contributed by atoms with Crippen molar-refractivity contribution >= 4 is 37.5 Å². The molecule has 0 saturated heterocycles. The fourth-order valence-corrected chi connectivity index (χ4v) is 2.22. The van der Waals surface area contributed by atoms with Crippen molar-refractivity contribution in [3.63, 3.8) is 0 Å². The Hall–Kier alpha value is 1.23. The Bertz CT molecular complexity index is 175. The van der Waals surface area contributed by atoms with E-state index in [0.717, 1.165) is 0 Å². The molecule has 0 saturated carbocycles. The van der Waals surface area contributed by atoms with Crippen LogP contribution in [0.25, 0.3) is 0 Å². The molecule has 1 aromatic rings. The van der Waals surface area contributed by atoms with E-state index in [-0.39, 0.29) is 0 Å². The van der Waals surface area contributed by atoms with Gasteiger partial charge in [0.15, 0.2) is 0 Å². The zero-order chi connectivity index (χ0) is 13.0. The van der Waals surface area contributed by atoms with E-state index in [0.29, 0.717) is 7.92 Å². The standard InChI is InChI=1S/C6H14P.C5H5.3ClH.V/c1-6(2)5-7(3)4;1-2-4-5-3-1;;;;/h5H2,1-4H3;1-5H;3*1H;/q2*-1;;;;+3/p-3. The summed E-state index contributed by atoms with van der Waals surface area (Å²) in [5, 5.41) is 0. The van der Waals surface area contributed by atoms with Crippen LogP contribution < -0.4 is 0 Å². The van der Waals surface area contributed by atoms with Gasteiger partial charge in [-0.3, -0.25) is 0 Å². The Morgan fingerprint density at radius 1 is 1.12 bits per heavy atom. The summed E-state index contributed by atoms with van der Waals surface area (Å²) in [7, 11) is 15.2. The summed E-state index contributed by atoms with van der Waals surface area (Å²) in [6.07, 6.45) is 1.34. The molecular weight excluding hydrogens is 320 g/mol. The summed E-state index contributed by atoms with van der Waals surface area (Å²) in [5.74, 6) is 1.57. The molecule has 0 radical (unpaired) electrons. The van der Waals surface area contributed by atoms with Crippen molar-refractivity contribution in [2.45, 2.75) is 13.8 Å². The van der Waals surface area contributed by atoms with Crippen LogP contribution in [0.5, 0.6) is 0 Å². The molecular formula is C11H19Cl3PV-2. The molecule has 0 spiro atoms. The van der Waals surface area contributed by atoms with Gasteiger partial charge in [-0.15, -0.1) is 7.92 Å². The zero-order valence-corrected chi connectivity index (χ0v) is 14.7. The molecule has 0 aliphatic heterocycles. The van der Waals surface area contributed by atoms with Gasteiger partial charge >= 0.3 is 41.8 Å². The van der Waals surface area contributed by atoms with E-state index >= 15 is 0 Å². The number of hydrogen-bond acceptors (Lipinski definition) is 0. The molecule has 0 atom stereocenters. The van der Waals surface area contributed by atoms with Gasteiger partial charge in [0.2, 0.25) is 0 Å². The first kappa shape index (κ1) is 19.6. The van der Waals surface area contributed by atoms with Gasteiger partial charge in [-0.1, -0.05) is 0 Å². The third-order valence-corrected chi connectivity index (χ3v) is 2.45. The minimum Gasteiger partial charge on any atom is -0.214 e. The second kappa shape index (κ2) is 14.3. The Morgan fingerprint density at radius 3 is 1.56 bits per heavy atom. The molecule has 5 heteroatoms. The van der Waals surface area contributed by atoms with Gasteiger partial charge in [0, 0.05) is 0 Å². The number of halogens is 3. The van der Waals surface area contributed by atoms with Gasteiger partial charge in [-0.05, 0) is 13.3 Å². The Labute approximate surface area is 119 Å². The largest absolute Gasteiger partial charge is 0.214 e. The van der Waals surface area contributed by atoms with Gasteiger partial charge < -0.3 is 5.92 Å². The monoisotopic (exact) mass is 338 g/mol. The van der Waals surface area contributed by atoms with E-state index in [4.69, 9.17) is 29.5 Å². The van der Waals surface area contributed by atoms with Crippen molar-refractivity contribution in [3.05, 3.63) is 36.2 Å². The fraction of sp³-hybridized carbons (Fsp3) is 0.455. The summed E-state index contributed by atoms with van der Waals surface area (Å²) in [5.41, 5.74) is 0. The van der Waals surface area contributed by atoms with Gasteiger partial charge in [-0.25, -0.2) is 12.1 Å². The first-order valence-corrected chi connectivity index (χ1v) is 12.9. The average Bonchev–Trinajstić information content (AvgIpc) is 2.54. The zero-order valence-electron chi connectivity index (χ0n) is 10.1. The van der Waals surface area contributed by atoms with Crippen LogP contribution in [0, 0.1) is 5.92 Å². The van der Waals surface area contributed by atoms with Gasteiger partial charge in [-0.2, -0.15) is 38.2 Å². The smallest absolute Gasteiger partial charge is 0.172 e. The van der Waals surface area contributed by atoms with Gasteiger partial charge in [0.05, 0.1) is 0 Å². The van der Waals surface area contributed by atoms with Crippen LogP contribution in [0.3, 0.4) is 0 Å². The second-order valence-electron chi connectivity index (χ2n) is 3.60. The molecule has 0 aliphatic rings. The molecule has 1 rings (SSSR count). The molecule has 0 aliphatic carbocycles. The second-order valence-corrected chi connectivity index (χ2v) is 13.0. The van der Waals surface area contributed by atoms with Crippen LogP contribution in [-0.4, -0.2) is 19.5 Å². The maximum absolute atomic E-state index is 4.95. The van der Waals surface area contributed by atoms with Crippen LogP contribution in [-0.2, 0) is 12.3 Å². The maximum Gasteiger partial charge on any atom is -0.172 e. The SMILES string of the molecule is C[C-](C)CP(C)C.[Cl][V]([Cl])[Cl].c1cc[cH-]c1. The predicted molar refractivity (Wildman–Crippen MR) is 77.8 cm³/mol. The van der Waals surface area contributed by atoms with Crippen LogP contribution in [0.4, 0.5) is 0 Å². The third kappa shape index (κ3) is 29.5. The molecule has 96 valence electrons. The Kier molecular flexibility index (Phi) is 17.5. The van der Waals surface area contributed by atoms with Crippen LogP contribution in [0.2, 0.25) is 0 Å².